The van der Waals surface area contributed by atoms with Crippen molar-refractivity contribution in [2.45, 2.75) is 38.6 Å². The number of aromatic nitrogens is 1. The van der Waals surface area contributed by atoms with Gasteiger partial charge in [0.15, 0.2) is 0 Å². The zero-order valence-electron chi connectivity index (χ0n) is 12.9. The van der Waals surface area contributed by atoms with Crippen LogP contribution in [0, 0.1) is 0 Å². The lowest BCUT2D eigenvalue weighted by molar-refractivity contribution is 0.414. The summed E-state index contributed by atoms with van der Waals surface area (Å²) in [6.07, 6.45) is 5.75. The summed E-state index contributed by atoms with van der Waals surface area (Å²) >= 11 is 0. The maximum Gasteiger partial charge on any atom is 0.118 e. The number of aryl methyl sites for hydroxylation is 2. The predicted octanol–water partition coefficient (Wildman–Crippen LogP) is 3.16. The van der Waals surface area contributed by atoms with E-state index in [1.165, 1.54) is 11.1 Å². The van der Waals surface area contributed by atoms with Crippen LogP contribution in [0.5, 0.6) is 5.75 Å². The second-order valence-electron chi connectivity index (χ2n) is 5.36. The van der Waals surface area contributed by atoms with E-state index in [4.69, 9.17) is 10.5 Å². The van der Waals surface area contributed by atoms with E-state index < -0.39 is 0 Å². The fourth-order valence-corrected chi connectivity index (χ4v) is 2.30. The van der Waals surface area contributed by atoms with Gasteiger partial charge in [-0.3, -0.25) is 4.98 Å². The van der Waals surface area contributed by atoms with Crippen molar-refractivity contribution in [3.63, 3.8) is 0 Å². The zero-order valence-corrected chi connectivity index (χ0v) is 12.9. The fourth-order valence-electron chi connectivity index (χ4n) is 2.30. The van der Waals surface area contributed by atoms with Crippen LogP contribution in [0.3, 0.4) is 0 Å². The van der Waals surface area contributed by atoms with Gasteiger partial charge in [0.05, 0.1) is 7.11 Å². The summed E-state index contributed by atoms with van der Waals surface area (Å²) in [6, 6.07) is 12.6. The van der Waals surface area contributed by atoms with E-state index >= 15 is 0 Å². The third-order valence-corrected chi connectivity index (χ3v) is 3.73. The SMILES string of the molecule is CCc1ccc(CC(N)CCc2ccc(OC)cc2)nc1. The van der Waals surface area contributed by atoms with E-state index in [9.17, 15) is 0 Å². The van der Waals surface area contributed by atoms with Crippen molar-refractivity contribution in [1.29, 1.82) is 0 Å². The first-order valence-corrected chi connectivity index (χ1v) is 7.53. The van der Waals surface area contributed by atoms with Crippen molar-refractivity contribution in [1.82, 2.24) is 4.98 Å². The molecule has 0 fully saturated rings. The van der Waals surface area contributed by atoms with E-state index in [1.807, 2.05) is 18.3 Å². The van der Waals surface area contributed by atoms with Gasteiger partial charge in [-0.05, 0) is 48.6 Å². The molecule has 0 amide bonds. The largest absolute Gasteiger partial charge is 0.497 e. The zero-order chi connectivity index (χ0) is 15.1. The maximum absolute atomic E-state index is 6.22. The maximum atomic E-state index is 6.22. The Morgan fingerprint density at radius 2 is 1.81 bits per heavy atom. The topological polar surface area (TPSA) is 48.1 Å². The molecule has 1 aromatic heterocycles. The molecule has 21 heavy (non-hydrogen) atoms. The molecule has 1 aromatic carbocycles. The molecule has 3 nitrogen and oxygen atoms in total. The van der Waals surface area contributed by atoms with E-state index in [-0.39, 0.29) is 6.04 Å². The quantitative estimate of drug-likeness (QED) is 0.849. The molecule has 0 saturated heterocycles. The minimum atomic E-state index is 0.145. The molecule has 2 rings (SSSR count). The molecule has 112 valence electrons. The number of rotatable bonds is 7. The minimum Gasteiger partial charge on any atom is -0.497 e. The van der Waals surface area contributed by atoms with Crippen molar-refractivity contribution >= 4 is 0 Å². The first-order chi connectivity index (χ1) is 10.2. The molecular formula is C18H24N2O. The van der Waals surface area contributed by atoms with Crippen LogP contribution in [0.1, 0.15) is 30.2 Å². The summed E-state index contributed by atoms with van der Waals surface area (Å²) in [4.78, 5) is 4.47. The molecule has 0 aliphatic carbocycles. The lowest BCUT2D eigenvalue weighted by Gasteiger charge is -2.11. The third-order valence-electron chi connectivity index (χ3n) is 3.73. The Kier molecular flexibility index (Phi) is 5.76. The second kappa shape index (κ2) is 7.79. The van der Waals surface area contributed by atoms with Gasteiger partial charge in [0.25, 0.3) is 0 Å². The molecule has 1 heterocycles. The number of methoxy groups -OCH3 is 1. The summed E-state index contributed by atoms with van der Waals surface area (Å²) in [5.41, 5.74) is 9.85. The standard InChI is InChI=1S/C18H24N2O/c1-3-14-5-9-17(20-13-14)12-16(19)8-4-15-6-10-18(21-2)11-7-15/h5-7,9-11,13,16H,3-4,8,12,19H2,1-2H3. The highest BCUT2D eigenvalue weighted by Crippen LogP contribution is 2.14. The Hall–Kier alpha value is -1.87. The molecule has 3 heteroatoms. The average Bonchev–Trinajstić information content (AvgIpc) is 2.54. The monoisotopic (exact) mass is 284 g/mol. The summed E-state index contributed by atoms with van der Waals surface area (Å²) in [5, 5.41) is 0. The number of pyridine rings is 1. The average molecular weight is 284 g/mol. The molecule has 2 aromatic rings. The van der Waals surface area contributed by atoms with E-state index in [0.717, 1.165) is 37.1 Å². The Morgan fingerprint density at radius 1 is 1.10 bits per heavy atom. The van der Waals surface area contributed by atoms with Gasteiger partial charge >= 0.3 is 0 Å². The third kappa shape index (κ3) is 4.87. The minimum absolute atomic E-state index is 0.145. The molecule has 1 unspecified atom stereocenters. The summed E-state index contributed by atoms with van der Waals surface area (Å²) in [5.74, 6) is 0.892. The molecule has 0 bridgehead atoms. The van der Waals surface area contributed by atoms with Gasteiger partial charge in [-0.15, -0.1) is 0 Å². The van der Waals surface area contributed by atoms with Crippen molar-refractivity contribution in [3.05, 3.63) is 59.4 Å². The van der Waals surface area contributed by atoms with Gasteiger partial charge in [-0.25, -0.2) is 0 Å². The van der Waals surface area contributed by atoms with Crippen LogP contribution in [0.2, 0.25) is 0 Å². The van der Waals surface area contributed by atoms with Gasteiger partial charge in [0, 0.05) is 24.4 Å². The summed E-state index contributed by atoms with van der Waals surface area (Å²) < 4.78 is 5.16. The second-order valence-corrected chi connectivity index (χ2v) is 5.36. The van der Waals surface area contributed by atoms with Crippen molar-refractivity contribution in [2.75, 3.05) is 7.11 Å². The lowest BCUT2D eigenvalue weighted by Crippen LogP contribution is -2.24. The first-order valence-electron chi connectivity index (χ1n) is 7.53. The smallest absolute Gasteiger partial charge is 0.118 e. The van der Waals surface area contributed by atoms with Crippen LogP contribution in [0.4, 0.5) is 0 Å². The van der Waals surface area contributed by atoms with Crippen molar-refractivity contribution in [3.8, 4) is 5.75 Å². The Labute approximate surface area is 127 Å². The fraction of sp³-hybridized carbons (Fsp3) is 0.389. The van der Waals surface area contributed by atoms with E-state index in [2.05, 4.69) is 36.2 Å². The molecular weight excluding hydrogens is 260 g/mol. The molecule has 0 aliphatic heterocycles. The van der Waals surface area contributed by atoms with Crippen LogP contribution < -0.4 is 10.5 Å². The van der Waals surface area contributed by atoms with Gasteiger partial charge in [-0.2, -0.15) is 0 Å². The molecule has 0 aliphatic rings. The highest BCUT2D eigenvalue weighted by molar-refractivity contribution is 5.27. The Morgan fingerprint density at radius 3 is 2.38 bits per heavy atom. The van der Waals surface area contributed by atoms with Gasteiger partial charge in [0.2, 0.25) is 0 Å². The molecule has 0 saturated carbocycles. The summed E-state index contributed by atoms with van der Waals surface area (Å²) in [6.45, 7) is 2.14. The Bertz CT molecular complexity index is 534. The van der Waals surface area contributed by atoms with Crippen LogP contribution in [0.15, 0.2) is 42.6 Å². The van der Waals surface area contributed by atoms with Gasteiger partial charge in [0.1, 0.15) is 5.75 Å². The molecule has 0 radical (unpaired) electrons. The molecule has 1 atom stereocenters. The van der Waals surface area contributed by atoms with Gasteiger partial charge in [-0.1, -0.05) is 25.1 Å². The van der Waals surface area contributed by atoms with Crippen LogP contribution in [-0.4, -0.2) is 18.1 Å². The number of hydrogen-bond donors (Lipinski definition) is 1. The number of nitrogens with zero attached hydrogens (tertiary/aromatic N) is 1. The van der Waals surface area contributed by atoms with E-state index in [1.54, 1.807) is 7.11 Å². The normalized spacial score (nSPS) is 12.1. The van der Waals surface area contributed by atoms with Crippen LogP contribution in [-0.2, 0) is 19.3 Å². The van der Waals surface area contributed by atoms with Crippen molar-refractivity contribution in [2.24, 2.45) is 5.73 Å². The molecule has 2 N–H and O–H groups in total. The first kappa shape index (κ1) is 15.5. The number of benzene rings is 1. The number of hydrogen-bond acceptors (Lipinski definition) is 3. The highest BCUT2D eigenvalue weighted by atomic mass is 16.5. The number of nitrogens with two attached hydrogens (primary N) is 1. The predicted molar refractivity (Wildman–Crippen MR) is 86.6 cm³/mol. The Balaban J connectivity index is 1.81. The van der Waals surface area contributed by atoms with Gasteiger partial charge < -0.3 is 10.5 Å². The number of ether oxygens (including phenoxy) is 1. The summed E-state index contributed by atoms with van der Waals surface area (Å²) in [7, 11) is 1.68. The van der Waals surface area contributed by atoms with Crippen LogP contribution >= 0.6 is 0 Å². The van der Waals surface area contributed by atoms with Crippen LogP contribution in [0.25, 0.3) is 0 Å². The molecule has 0 spiro atoms. The highest BCUT2D eigenvalue weighted by Gasteiger charge is 2.06. The lowest BCUT2D eigenvalue weighted by atomic mass is 10.0. The van der Waals surface area contributed by atoms with E-state index in [0.29, 0.717) is 0 Å². The van der Waals surface area contributed by atoms with Crippen molar-refractivity contribution < 1.29 is 4.74 Å².